The molecule has 3 aromatic rings. The minimum Gasteiger partial charge on any atom is -0.493 e. The Labute approximate surface area is 164 Å². The van der Waals surface area contributed by atoms with Crippen LogP contribution in [0.3, 0.4) is 0 Å². The highest BCUT2D eigenvalue weighted by molar-refractivity contribution is 5.61. The van der Waals surface area contributed by atoms with Crippen molar-refractivity contribution < 1.29 is 13.9 Å². The summed E-state index contributed by atoms with van der Waals surface area (Å²) < 4.78 is 17.1. The highest BCUT2D eigenvalue weighted by Crippen LogP contribution is 2.48. The highest BCUT2D eigenvalue weighted by Gasteiger charge is 2.40. The fourth-order valence-corrected chi connectivity index (χ4v) is 4.52. The van der Waals surface area contributed by atoms with Crippen molar-refractivity contribution in [2.45, 2.75) is 25.6 Å². The second-order valence-corrected chi connectivity index (χ2v) is 7.38. The van der Waals surface area contributed by atoms with Crippen LogP contribution in [0.25, 0.3) is 0 Å². The Balaban J connectivity index is 1.68. The predicted octanol–water partition coefficient (Wildman–Crippen LogP) is 4.68. The molecule has 0 fully saturated rings. The minimum absolute atomic E-state index is 0.00477. The number of hydrogen-bond donors (Lipinski definition) is 1. The molecule has 3 heterocycles. The summed E-state index contributed by atoms with van der Waals surface area (Å²) in [6.07, 6.45) is 0.946. The molecule has 0 unspecified atom stereocenters. The van der Waals surface area contributed by atoms with Gasteiger partial charge in [-0.05, 0) is 60.4 Å². The van der Waals surface area contributed by atoms with Crippen molar-refractivity contribution in [1.82, 2.24) is 4.90 Å². The van der Waals surface area contributed by atoms with E-state index < -0.39 is 0 Å². The van der Waals surface area contributed by atoms with Gasteiger partial charge >= 0.3 is 0 Å². The van der Waals surface area contributed by atoms with Gasteiger partial charge in [-0.2, -0.15) is 0 Å². The van der Waals surface area contributed by atoms with Crippen molar-refractivity contribution in [3.8, 4) is 11.5 Å². The molecule has 0 aliphatic carbocycles. The summed E-state index contributed by atoms with van der Waals surface area (Å²) in [7, 11) is 3.38. The van der Waals surface area contributed by atoms with Crippen molar-refractivity contribution in [1.29, 1.82) is 0 Å². The summed E-state index contributed by atoms with van der Waals surface area (Å²) in [4.78, 5) is 2.48. The molecule has 0 bridgehead atoms. The Kier molecular flexibility index (Phi) is 4.05. The van der Waals surface area contributed by atoms with Crippen LogP contribution in [0.4, 0.5) is 5.69 Å². The third kappa shape index (κ3) is 2.58. The molecule has 5 heteroatoms. The van der Waals surface area contributed by atoms with E-state index in [1.165, 1.54) is 16.7 Å². The molecule has 0 saturated heterocycles. The zero-order valence-electron chi connectivity index (χ0n) is 16.4. The van der Waals surface area contributed by atoms with Gasteiger partial charge in [0, 0.05) is 12.2 Å². The number of nitrogens with one attached hydrogen (secondary N) is 1. The molecule has 2 aliphatic heterocycles. The van der Waals surface area contributed by atoms with Gasteiger partial charge in [0.25, 0.3) is 0 Å². The number of anilines is 1. The molecular weight excluding hydrogens is 352 g/mol. The summed E-state index contributed by atoms with van der Waals surface area (Å²) in [6.45, 7) is 2.92. The maximum Gasteiger partial charge on any atom is 0.161 e. The van der Waals surface area contributed by atoms with Gasteiger partial charge < -0.3 is 19.2 Å². The van der Waals surface area contributed by atoms with E-state index in [4.69, 9.17) is 13.9 Å². The molecule has 0 amide bonds. The number of fused-ring (bicyclic) bond motifs is 5. The lowest BCUT2D eigenvalue weighted by molar-refractivity contribution is 0.136. The van der Waals surface area contributed by atoms with E-state index >= 15 is 0 Å². The summed E-state index contributed by atoms with van der Waals surface area (Å²) in [6, 6.07) is 17.0. The molecular formula is C23H24N2O3. The van der Waals surface area contributed by atoms with Gasteiger partial charge in [-0.15, -0.1) is 0 Å². The predicted molar refractivity (Wildman–Crippen MR) is 108 cm³/mol. The minimum atomic E-state index is -0.00477. The lowest BCUT2D eigenvalue weighted by Gasteiger charge is -2.46. The Morgan fingerprint density at radius 3 is 2.54 bits per heavy atom. The zero-order chi connectivity index (χ0) is 19.3. The van der Waals surface area contributed by atoms with Gasteiger partial charge in [-0.25, -0.2) is 0 Å². The van der Waals surface area contributed by atoms with Gasteiger partial charge in [-0.1, -0.05) is 18.2 Å². The molecule has 5 rings (SSSR count). The molecule has 2 aliphatic rings. The van der Waals surface area contributed by atoms with Crippen LogP contribution in [-0.4, -0.2) is 25.7 Å². The van der Waals surface area contributed by atoms with E-state index in [0.717, 1.165) is 41.7 Å². The molecule has 2 atom stereocenters. The first-order valence-electron chi connectivity index (χ1n) is 9.62. The topological polar surface area (TPSA) is 46.9 Å². The number of para-hydroxylation sites is 1. The van der Waals surface area contributed by atoms with Crippen LogP contribution in [0, 0.1) is 6.92 Å². The van der Waals surface area contributed by atoms with Crippen molar-refractivity contribution in [2.75, 3.05) is 26.1 Å². The monoisotopic (exact) mass is 376 g/mol. The normalized spacial score (nSPS) is 20.5. The molecule has 0 saturated carbocycles. The summed E-state index contributed by atoms with van der Waals surface area (Å²) >= 11 is 0. The second kappa shape index (κ2) is 6.60. The number of aryl methyl sites for hydroxylation is 1. The summed E-state index contributed by atoms with van der Waals surface area (Å²) in [5.41, 5.74) is 5.00. The van der Waals surface area contributed by atoms with Crippen molar-refractivity contribution in [3.05, 3.63) is 76.7 Å². The number of ether oxygens (including phenoxy) is 2. The van der Waals surface area contributed by atoms with Crippen LogP contribution < -0.4 is 14.8 Å². The molecule has 28 heavy (non-hydrogen) atoms. The van der Waals surface area contributed by atoms with E-state index in [-0.39, 0.29) is 12.2 Å². The Hall–Kier alpha value is -2.92. The van der Waals surface area contributed by atoms with Crippen molar-refractivity contribution in [2.24, 2.45) is 0 Å². The maximum atomic E-state index is 6.01. The molecule has 144 valence electrons. The number of nitrogens with zero attached hydrogens (tertiary/aromatic N) is 1. The smallest absolute Gasteiger partial charge is 0.161 e. The molecule has 0 spiro atoms. The van der Waals surface area contributed by atoms with Gasteiger partial charge in [0.15, 0.2) is 11.5 Å². The zero-order valence-corrected chi connectivity index (χ0v) is 16.4. The first-order valence-corrected chi connectivity index (χ1v) is 9.62. The fraction of sp³-hybridized carbons (Fsp3) is 0.304. The Morgan fingerprint density at radius 1 is 1.00 bits per heavy atom. The molecule has 1 aromatic heterocycles. The third-order valence-electron chi connectivity index (χ3n) is 5.82. The fourth-order valence-electron chi connectivity index (χ4n) is 4.52. The van der Waals surface area contributed by atoms with Gasteiger partial charge in [0.2, 0.25) is 0 Å². The van der Waals surface area contributed by atoms with Gasteiger partial charge in [-0.3, -0.25) is 4.90 Å². The largest absolute Gasteiger partial charge is 0.493 e. The summed E-state index contributed by atoms with van der Waals surface area (Å²) in [5.74, 6) is 3.43. The number of furan rings is 1. The van der Waals surface area contributed by atoms with Crippen LogP contribution in [0.2, 0.25) is 0 Å². The molecule has 0 radical (unpaired) electrons. The number of benzene rings is 2. The third-order valence-corrected chi connectivity index (χ3v) is 5.82. The van der Waals surface area contributed by atoms with Crippen molar-refractivity contribution >= 4 is 5.69 Å². The Bertz CT molecular complexity index is 1030. The molecule has 1 N–H and O–H groups in total. The van der Waals surface area contributed by atoms with Crippen LogP contribution in [0.1, 0.15) is 40.4 Å². The van der Waals surface area contributed by atoms with E-state index in [9.17, 15) is 0 Å². The van der Waals surface area contributed by atoms with Gasteiger partial charge in [0.05, 0.1) is 20.3 Å². The first-order chi connectivity index (χ1) is 13.7. The van der Waals surface area contributed by atoms with Gasteiger partial charge in [0.1, 0.15) is 17.7 Å². The lowest BCUT2D eigenvalue weighted by Crippen LogP contribution is -2.45. The van der Waals surface area contributed by atoms with E-state index in [2.05, 4.69) is 52.7 Å². The number of methoxy groups -OCH3 is 2. The van der Waals surface area contributed by atoms with Crippen LogP contribution >= 0.6 is 0 Å². The average Bonchev–Trinajstić information content (AvgIpc) is 3.17. The first kappa shape index (κ1) is 17.2. The number of rotatable bonds is 3. The molecule has 2 aromatic carbocycles. The van der Waals surface area contributed by atoms with Crippen LogP contribution in [0.15, 0.2) is 52.9 Å². The average molecular weight is 376 g/mol. The quantitative estimate of drug-likeness (QED) is 0.719. The van der Waals surface area contributed by atoms with E-state index in [0.29, 0.717) is 0 Å². The SMILES string of the molecule is COc1cc2c(cc1OC)[C@H]1c3ccccc3N[C@H](c3ccc(C)o3)N1CC2. The van der Waals surface area contributed by atoms with Crippen LogP contribution in [-0.2, 0) is 6.42 Å². The van der Waals surface area contributed by atoms with E-state index in [1.54, 1.807) is 14.2 Å². The second-order valence-electron chi connectivity index (χ2n) is 7.38. The summed E-state index contributed by atoms with van der Waals surface area (Å²) in [5, 5.41) is 3.68. The standard InChI is InChI=1S/C23H24N2O3/c1-14-8-9-19(28-14)23-24-18-7-5-4-6-16(18)22-17-13-21(27-3)20(26-2)12-15(17)10-11-25(22)23/h4-9,12-13,22-24H,10-11H2,1-3H3/t22-,23+/m1/s1. The Morgan fingerprint density at radius 2 is 1.79 bits per heavy atom. The van der Waals surface area contributed by atoms with Crippen LogP contribution in [0.5, 0.6) is 11.5 Å². The molecule has 5 nitrogen and oxygen atoms in total. The number of hydrogen-bond acceptors (Lipinski definition) is 5. The maximum absolute atomic E-state index is 6.01. The lowest BCUT2D eigenvalue weighted by atomic mass is 9.85. The van der Waals surface area contributed by atoms with E-state index in [1.807, 2.05) is 13.0 Å². The van der Waals surface area contributed by atoms with Crippen molar-refractivity contribution in [3.63, 3.8) is 0 Å². The highest BCUT2D eigenvalue weighted by atomic mass is 16.5.